The second-order valence-corrected chi connectivity index (χ2v) is 9.18. The van der Waals surface area contributed by atoms with Gasteiger partial charge in [0, 0.05) is 29.7 Å². The summed E-state index contributed by atoms with van der Waals surface area (Å²) < 4.78 is 29.8. The highest BCUT2D eigenvalue weighted by atomic mass is 35.5. The number of hydrogen-bond donors (Lipinski definition) is 2. The summed E-state index contributed by atoms with van der Waals surface area (Å²) in [5.41, 5.74) is 0. The Balaban J connectivity index is 1.51. The standard InChI is InChI=1S/C14H19ClN4O2S2/c15-12-13(19-7-8-22-14(19)17-12)23(20,21)18-11-6-5-10(11)16-9-3-1-2-4-9/h7-11,16,18H,1-6H2/t10-,11+/m1/s1. The number of sulfonamides is 1. The van der Waals surface area contributed by atoms with Gasteiger partial charge < -0.3 is 5.32 Å². The Morgan fingerprint density at radius 1 is 1.22 bits per heavy atom. The molecule has 126 valence electrons. The summed E-state index contributed by atoms with van der Waals surface area (Å²) in [7, 11) is -3.69. The van der Waals surface area contributed by atoms with Gasteiger partial charge in [-0.1, -0.05) is 24.4 Å². The van der Waals surface area contributed by atoms with Crippen LogP contribution in [0.25, 0.3) is 4.96 Å². The van der Waals surface area contributed by atoms with Gasteiger partial charge in [-0.15, -0.1) is 11.3 Å². The maximum Gasteiger partial charge on any atom is 0.260 e. The first-order valence-corrected chi connectivity index (χ1v) is 10.7. The Labute approximate surface area is 144 Å². The Morgan fingerprint density at radius 2 is 1.96 bits per heavy atom. The van der Waals surface area contributed by atoms with E-state index in [9.17, 15) is 8.42 Å². The monoisotopic (exact) mass is 374 g/mol. The molecule has 2 N–H and O–H groups in total. The summed E-state index contributed by atoms with van der Waals surface area (Å²) in [6.45, 7) is 0. The molecule has 0 unspecified atom stereocenters. The first-order valence-electron chi connectivity index (χ1n) is 7.94. The third kappa shape index (κ3) is 2.91. The lowest BCUT2D eigenvalue weighted by molar-refractivity contribution is 0.243. The number of thiazole rings is 1. The fourth-order valence-corrected chi connectivity index (χ4v) is 6.23. The van der Waals surface area contributed by atoms with Crippen molar-refractivity contribution < 1.29 is 8.42 Å². The van der Waals surface area contributed by atoms with Crippen molar-refractivity contribution in [3.63, 3.8) is 0 Å². The number of nitrogens with zero attached hydrogens (tertiary/aromatic N) is 2. The summed E-state index contributed by atoms with van der Waals surface area (Å²) in [6, 6.07) is 0.688. The first kappa shape index (κ1) is 15.8. The minimum absolute atomic E-state index is 0.0315. The largest absolute Gasteiger partial charge is 0.310 e. The van der Waals surface area contributed by atoms with E-state index in [2.05, 4.69) is 15.0 Å². The first-order chi connectivity index (χ1) is 11.0. The lowest BCUT2D eigenvalue weighted by atomic mass is 9.86. The molecule has 0 radical (unpaired) electrons. The van der Waals surface area contributed by atoms with Crippen LogP contribution in [-0.4, -0.2) is 35.9 Å². The Hall–Kier alpha value is -0.670. The second kappa shape index (κ2) is 6.00. The zero-order valence-corrected chi connectivity index (χ0v) is 14.9. The summed E-state index contributed by atoms with van der Waals surface area (Å²) in [4.78, 5) is 4.69. The van der Waals surface area contributed by atoms with Crippen molar-refractivity contribution in [2.75, 3.05) is 0 Å². The van der Waals surface area contributed by atoms with E-state index in [1.165, 1.54) is 41.4 Å². The van der Waals surface area contributed by atoms with E-state index in [4.69, 9.17) is 11.6 Å². The number of halogens is 1. The predicted octanol–water partition coefficient (Wildman–Crippen LogP) is 2.39. The highest BCUT2D eigenvalue weighted by Gasteiger charge is 2.37. The lowest BCUT2D eigenvalue weighted by Gasteiger charge is -2.39. The SMILES string of the molecule is O=S(=O)(N[C@H]1CC[C@H]1NC1CCCC1)c1c(Cl)nc2sccn12. The maximum absolute atomic E-state index is 12.7. The van der Waals surface area contributed by atoms with Crippen LogP contribution in [0.3, 0.4) is 0 Å². The van der Waals surface area contributed by atoms with Gasteiger partial charge in [-0.25, -0.2) is 18.1 Å². The van der Waals surface area contributed by atoms with E-state index < -0.39 is 10.0 Å². The minimum Gasteiger partial charge on any atom is -0.310 e. The molecule has 0 aromatic carbocycles. The molecule has 2 aliphatic rings. The topological polar surface area (TPSA) is 75.5 Å². The highest BCUT2D eigenvalue weighted by molar-refractivity contribution is 7.89. The number of imidazole rings is 1. The van der Waals surface area contributed by atoms with Crippen LogP contribution in [0.5, 0.6) is 0 Å². The molecule has 2 heterocycles. The lowest BCUT2D eigenvalue weighted by Crippen LogP contribution is -2.58. The van der Waals surface area contributed by atoms with E-state index in [-0.39, 0.29) is 22.3 Å². The second-order valence-electron chi connectivity index (χ2n) is 6.32. The van der Waals surface area contributed by atoms with Gasteiger partial charge in [0.25, 0.3) is 10.0 Å². The van der Waals surface area contributed by atoms with E-state index >= 15 is 0 Å². The van der Waals surface area contributed by atoms with Crippen molar-refractivity contribution in [3.05, 3.63) is 16.7 Å². The zero-order chi connectivity index (χ0) is 16.0. The molecule has 2 atom stereocenters. The normalized spacial score (nSPS) is 26.0. The molecule has 0 spiro atoms. The van der Waals surface area contributed by atoms with E-state index in [1.807, 2.05) is 0 Å². The molecular formula is C14H19ClN4O2S2. The molecular weight excluding hydrogens is 356 g/mol. The van der Waals surface area contributed by atoms with Crippen molar-refractivity contribution in [1.29, 1.82) is 0 Å². The molecule has 4 rings (SSSR count). The molecule has 0 saturated heterocycles. The molecule has 2 fully saturated rings. The van der Waals surface area contributed by atoms with Gasteiger partial charge in [-0.05, 0) is 25.7 Å². The smallest absolute Gasteiger partial charge is 0.260 e. The molecule has 2 aromatic rings. The number of aromatic nitrogens is 2. The summed E-state index contributed by atoms with van der Waals surface area (Å²) in [5.74, 6) is 0. The van der Waals surface area contributed by atoms with Crippen LogP contribution in [0.1, 0.15) is 38.5 Å². The van der Waals surface area contributed by atoms with Gasteiger partial charge in [0.05, 0.1) is 0 Å². The van der Waals surface area contributed by atoms with Crippen molar-refractivity contribution in [1.82, 2.24) is 19.4 Å². The minimum atomic E-state index is -3.69. The Morgan fingerprint density at radius 3 is 2.65 bits per heavy atom. The Kier molecular flexibility index (Phi) is 4.13. The number of nitrogens with one attached hydrogen (secondary N) is 2. The number of hydrogen-bond acceptors (Lipinski definition) is 5. The van der Waals surface area contributed by atoms with Crippen LogP contribution in [0, 0.1) is 0 Å². The van der Waals surface area contributed by atoms with Crippen molar-refractivity contribution in [2.45, 2.75) is 61.7 Å². The maximum atomic E-state index is 12.7. The van der Waals surface area contributed by atoms with Gasteiger partial charge in [-0.2, -0.15) is 0 Å². The third-order valence-electron chi connectivity index (χ3n) is 4.82. The molecule has 2 saturated carbocycles. The third-order valence-corrected chi connectivity index (χ3v) is 7.46. The quantitative estimate of drug-likeness (QED) is 0.842. The van der Waals surface area contributed by atoms with Crippen LogP contribution in [-0.2, 0) is 10.0 Å². The molecule has 0 aliphatic heterocycles. The molecule has 6 nitrogen and oxygen atoms in total. The molecule has 23 heavy (non-hydrogen) atoms. The highest BCUT2D eigenvalue weighted by Crippen LogP contribution is 2.29. The van der Waals surface area contributed by atoms with Crippen molar-refractivity contribution >= 4 is 37.9 Å². The molecule has 0 amide bonds. The van der Waals surface area contributed by atoms with Crippen LogP contribution >= 0.6 is 22.9 Å². The van der Waals surface area contributed by atoms with E-state index in [1.54, 1.807) is 11.6 Å². The fourth-order valence-electron chi connectivity index (χ4n) is 3.47. The predicted molar refractivity (Wildman–Crippen MR) is 90.6 cm³/mol. The van der Waals surface area contributed by atoms with E-state index in [0.717, 1.165) is 12.8 Å². The van der Waals surface area contributed by atoms with Crippen LogP contribution in [0.4, 0.5) is 0 Å². The van der Waals surface area contributed by atoms with Crippen LogP contribution in [0.2, 0.25) is 5.15 Å². The summed E-state index contributed by atoms with van der Waals surface area (Å²) in [5, 5.41) is 5.47. The van der Waals surface area contributed by atoms with Gasteiger partial charge in [-0.3, -0.25) is 4.40 Å². The molecule has 0 bridgehead atoms. The van der Waals surface area contributed by atoms with Gasteiger partial charge in [0.2, 0.25) is 0 Å². The average molecular weight is 375 g/mol. The Bertz CT molecular complexity index is 810. The molecule has 2 aromatic heterocycles. The zero-order valence-electron chi connectivity index (χ0n) is 12.5. The van der Waals surface area contributed by atoms with E-state index in [0.29, 0.717) is 11.0 Å². The summed E-state index contributed by atoms with van der Waals surface area (Å²) >= 11 is 7.41. The number of rotatable bonds is 5. The molecule has 2 aliphatic carbocycles. The van der Waals surface area contributed by atoms with Crippen LogP contribution in [0.15, 0.2) is 16.6 Å². The van der Waals surface area contributed by atoms with Gasteiger partial charge >= 0.3 is 0 Å². The van der Waals surface area contributed by atoms with Crippen molar-refractivity contribution in [3.8, 4) is 0 Å². The van der Waals surface area contributed by atoms with Crippen molar-refractivity contribution in [2.24, 2.45) is 0 Å². The van der Waals surface area contributed by atoms with Gasteiger partial charge in [0.15, 0.2) is 15.1 Å². The van der Waals surface area contributed by atoms with Crippen LogP contribution < -0.4 is 10.0 Å². The summed E-state index contributed by atoms with van der Waals surface area (Å²) in [6.07, 6.45) is 8.47. The van der Waals surface area contributed by atoms with Gasteiger partial charge in [0.1, 0.15) is 0 Å². The average Bonchev–Trinajstić information content (AvgIpc) is 3.17. The fraction of sp³-hybridized carbons (Fsp3) is 0.643. The molecule has 9 heteroatoms. The number of fused-ring (bicyclic) bond motifs is 1.